The highest BCUT2D eigenvalue weighted by molar-refractivity contribution is 7.80. The van der Waals surface area contributed by atoms with Gasteiger partial charge in [0, 0.05) is 5.56 Å². The predicted molar refractivity (Wildman–Crippen MR) is 127 cm³/mol. The van der Waals surface area contributed by atoms with Crippen LogP contribution >= 0.6 is 23.8 Å². The molecule has 1 aromatic heterocycles. The van der Waals surface area contributed by atoms with Crippen LogP contribution in [0.4, 0.5) is 23.2 Å². The molecular weight excluding hydrogens is 508 g/mol. The van der Waals surface area contributed by atoms with Gasteiger partial charge in [-0.1, -0.05) is 35.9 Å². The molecular formula is C23H17ClF4N4O2S. The van der Waals surface area contributed by atoms with Crippen molar-refractivity contribution in [3.8, 4) is 5.75 Å². The van der Waals surface area contributed by atoms with E-state index >= 15 is 0 Å². The summed E-state index contributed by atoms with van der Waals surface area (Å²) >= 11 is 11.0. The Labute approximate surface area is 207 Å². The fourth-order valence-electron chi connectivity index (χ4n) is 3.63. The van der Waals surface area contributed by atoms with Crippen molar-refractivity contribution in [1.82, 2.24) is 15.1 Å². The van der Waals surface area contributed by atoms with Crippen molar-refractivity contribution >= 4 is 46.6 Å². The van der Waals surface area contributed by atoms with Crippen LogP contribution in [0.15, 0.2) is 54.2 Å². The second kappa shape index (κ2) is 10.0. The van der Waals surface area contributed by atoms with Gasteiger partial charge in [-0.2, -0.15) is 5.10 Å². The molecule has 1 N–H and O–H groups in total. The zero-order valence-electron chi connectivity index (χ0n) is 18.0. The van der Waals surface area contributed by atoms with Crippen LogP contribution in [-0.4, -0.2) is 27.9 Å². The number of benzene rings is 2. The Morgan fingerprint density at radius 1 is 1.14 bits per heavy atom. The first kappa shape index (κ1) is 24.7. The van der Waals surface area contributed by atoms with Crippen LogP contribution in [0.2, 0.25) is 5.02 Å². The third kappa shape index (κ3) is 4.87. The van der Waals surface area contributed by atoms with E-state index in [-0.39, 0.29) is 23.3 Å². The quantitative estimate of drug-likeness (QED) is 0.243. The molecule has 12 heteroatoms. The highest BCUT2D eigenvalue weighted by atomic mass is 35.5. The van der Waals surface area contributed by atoms with Crippen LogP contribution in [0, 0.1) is 0 Å². The molecule has 0 bridgehead atoms. The lowest BCUT2D eigenvalue weighted by Gasteiger charge is -2.13. The smallest absolute Gasteiger partial charge is 0.283 e. The van der Waals surface area contributed by atoms with Gasteiger partial charge in [0.2, 0.25) is 0 Å². The number of halogens is 5. The third-order valence-electron chi connectivity index (χ3n) is 5.20. The lowest BCUT2D eigenvalue weighted by molar-refractivity contribution is -0.113. The second-order valence-electron chi connectivity index (χ2n) is 7.38. The van der Waals surface area contributed by atoms with Crippen LogP contribution in [0.25, 0.3) is 6.08 Å². The van der Waals surface area contributed by atoms with E-state index in [0.717, 1.165) is 4.68 Å². The standard InChI is InChI=1S/C23H17ClF4N4O2S/c1-34-16-8-7-12(10-15-22(33)32(23(35)29-15)14-5-3-2-4-6-14)9-13(16)11-31-19(21(27)28)17(24)18(30-31)20(25)26/h2-10,20-21H,11H2,1H3,(H,29,35)/b15-10+. The Bertz CT molecular complexity index is 1310. The van der Waals surface area contributed by atoms with Gasteiger partial charge in [-0.3, -0.25) is 14.4 Å². The molecule has 0 atom stereocenters. The number of carbonyl (C=O) groups excluding carboxylic acids is 1. The number of rotatable bonds is 7. The van der Waals surface area contributed by atoms with E-state index in [1.165, 1.54) is 18.1 Å². The number of nitrogens with zero attached hydrogens (tertiary/aromatic N) is 3. The summed E-state index contributed by atoms with van der Waals surface area (Å²) in [5, 5.41) is 5.89. The second-order valence-corrected chi connectivity index (χ2v) is 8.14. The molecule has 1 aliphatic heterocycles. The number of alkyl halides is 4. The maximum atomic E-state index is 13.6. The number of methoxy groups -OCH3 is 1. The van der Waals surface area contributed by atoms with Crippen molar-refractivity contribution in [2.24, 2.45) is 0 Å². The number of aromatic nitrogens is 2. The summed E-state index contributed by atoms with van der Waals surface area (Å²) in [5.41, 5.74) is -0.0696. The van der Waals surface area contributed by atoms with Gasteiger partial charge in [0.25, 0.3) is 18.8 Å². The van der Waals surface area contributed by atoms with E-state index in [1.807, 2.05) is 6.07 Å². The molecule has 6 nitrogen and oxygen atoms in total. The van der Waals surface area contributed by atoms with Crippen LogP contribution in [0.3, 0.4) is 0 Å². The Morgan fingerprint density at radius 2 is 1.86 bits per heavy atom. The van der Waals surface area contributed by atoms with Crippen molar-refractivity contribution in [3.63, 3.8) is 0 Å². The molecule has 1 aliphatic rings. The fourth-order valence-corrected chi connectivity index (χ4v) is 4.23. The van der Waals surface area contributed by atoms with Crippen molar-refractivity contribution in [1.29, 1.82) is 0 Å². The van der Waals surface area contributed by atoms with Gasteiger partial charge in [0.05, 0.1) is 24.4 Å². The minimum absolute atomic E-state index is 0.199. The third-order valence-corrected chi connectivity index (χ3v) is 5.87. The number of ether oxygens (including phenoxy) is 1. The minimum Gasteiger partial charge on any atom is -0.496 e. The molecule has 182 valence electrons. The van der Waals surface area contributed by atoms with Crippen LogP contribution < -0.4 is 15.0 Å². The van der Waals surface area contributed by atoms with Gasteiger partial charge in [-0.15, -0.1) is 0 Å². The zero-order valence-corrected chi connectivity index (χ0v) is 19.6. The van der Waals surface area contributed by atoms with Crippen molar-refractivity contribution in [2.75, 3.05) is 12.0 Å². The molecule has 3 aromatic rings. The summed E-state index contributed by atoms with van der Waals surface area (Å²) in [5.74, 6) is -0.0660. The monoisotopic (exact) mass is 524 g/mol. The van der Waals surface area contributed by atoms with Gasteiger partial charge >= 0.3 is 0 Å². The molecule has 0 saturated carbocycles. The molecule has 1 amide bonds. The minimum atomic E-state index is -3.12. The summed E-state index contributed by atoms with van der Waals surface area (Å²) in [6.07, 6.45) is -4.70. The topological polar surface area (TPSA) is 59.4 Å². The largest absolute Gasteiger partial charge is 0.496 e. The van der Waals surface area contributed by atoms with Crippen molar-refractivity contribution in [2.45, 2.75) is 19.4 Å². The molecule has 0 radical (unpaired) electrons. The lowest BCUT2D eigenvalue weighted by atomic mass is 10.1. The molecule has 1 fully saturated rings. The number of nitrogens with one attached hydrogen (secondary N) is 1. The Morgan fingerprint density at radius 3 is 2.49 bits per heavy atom. The van der Waals surface area contributed by atoms with E-state index in [0.29, 0.717) is 22.6 Å². The zero-order chi connectivity index (χ0) is 25.3. The highest BCUT2D eigenvalue weighted by Crippen LogP contribution is 2.35. The number of carbonyl (C=O) groups is 1. The first-order valence-electron chi connectivity index (χ1n) is 10.1. The predicted octanol–water partition coefficient (Wildman–Crippen LogP) is 5.73. The normalized spacial score (nSPS) is 15.0. The lowest BCUT2D eigenvalue weighted by Crippen LogP contribution is -2.30. The Balaban J connectivity index is 1.68. The van der Waals surface area contributed by atoms with Gasteiger partial charge < -0.3 is 10.1 Å². The molecule has 0 aliphatic carbocycles. The van der Waals surface area contributed by atoms with Crippen LogP contribution in [-0.2, 0) is 11.3 Å². The molecule has 2 heterocycles. The summed E-state index contributed by atoms with van der Waals surface area (Å²) in [7, 11) is 1.38. The first-order chi connectivity index (χ1) is 16.7. The molecule has 0 spiro atoms. The molecule has 35 heavy (non-hydrogen) atoms. The van der Waals surface area contributed by atoms with E-state index in [1.54, 1.807) is 42.5 Å². The maximum absolute atomic E-state index is 13.6. The maximum Gasteiger partial charge on any atom is 0.283 e. The summed E-state index contributed by atoms with van der Waals surface area (Å²) in [6.45, 7) is -0.317. The first-order valence-corrected chi connectivity index (χ1v) is 10.9. The summed E-state index contributed by atoms with van der Waals surface area (Å²) in [4.78, 5) is 14.3. The number of hydrogen-bond acceptors (Lipinski definition) is 4. The van der Waals surface area contributed by atoms with Gasteiger partial charge in [-0.05, 0) is 48.1 Å². The van der Waals surface area contributed by atoms with Crippen molar-refractivity contribution < 1.29 is 27.1 Å². The average Bonchev–Trinajstić information content (AvgIpc) is 3.29. The van der Waals surface area contributed by atoms with Gasteiger partial charge in [-0.25, -0.2) is 17.6 Å². The fraction of sp³-hybridized carbons (Fsp3) is 0.174. The van der Waals surface area contributed by atoms with E-state index in [2.05, 4.69) is 10.4 Å². The van der Waals surface area contributed by atoms with E-state index in [4.69, 9.17) is 28.6 Å². The van der Waals surface area contributed by atoms with Gasteiger partial charge in [0.15, 0.2) is 5.11 Å². The van der Waals surface area contributed by atoms with Gasteiger partial charge in [0.1, 0.15) is 22.8 Å². The SMILES string of the molecule is COc1ccc(/C=C2/NC(=S)N(c3ccccc3)C2=O)cc1Cn1nc(C(F)F)c(Cl)c1C(F)F. The summed E-state index contributed by atoms with van der Waals surface area (Å²) in [6, 6.07) is 13.6. The summed E-state index contributed by atoms with van der Waals surface area (Å²) < 4.78 is 59.5. The Kier molecular flexibility index (Phi) is 7.08. The van der Waals surface area contributed by atoms with Crippen molar-refractivity contribution in [3.05, 3.63) is 81.8 Å². The number of anilines is 1. The Hall–Kier alpha value is -3.44. The van der Waals surface area contributed by atoms with Crippen LogP contribution in [0.1, 0.15) is 35.4 Å². The van der Waals surface area contributed by atoms with E-state index in [9.17, 15) is 22.4 Å². The number of thiocarbonyl (C=S) groups is 1. The highest BCUT2D eigenvalue weighted by Gasteiger charge is 2.32. The number of hydrogen-bond donors (Lipinski definition) is 1. The molecule has 4 rings (SSSR count). The number of amides is 1. The molecule has 0 unspecified atom stereocenters. The van der Waals surface area contributed by atoms with E-state index < -0.39 is 29.3 Å². The average molecular weight is 525 g/mol. The molecule has 1 saturated heterocycles. The number of para-hydroxylation sites is 1. The van der Waals surface area contributed by atoms with Crippen LogP contribution in [0.5, 0.6) is 5.75 Å². The molecule has 2 aromatic carbocycles.